The Balaban J connectivity index is 2.50. The molecule has 0 aliphatic carbocycles. The molecule has 0 aromatic heterocycles. The zero-order chi connectivity index (χ0) is 11.9. The Morgan fingerprint density at radius 1 is 1.00 bits per heavy atom. The van der Waals surface area contributed by atoms with E-state index in [1.807, 2.05) is 0 Å². The van der Waals surface area contributed by atoms with E-state index in [1.54, 1.807) is 0 Å². The molecule has 0 saturated carbocycles. The Bertz CT molecular complexity index is 435. The summed E-state index contributed by atoms with van der Waals surface area (Å²) in [5.74, 6) is 0. The Morgan fingerprint density at radius 2 is 1.56 bits per heavy atom. The Hall–Kier alpha value is -1.44. The quantitative estimate of drug-likeness (QED) is 0.772. The summed E-state index contributed by atoms with van der Waals surface area (Å²) in [4.78, 5) is 2.11. The zero-order valence-corrected chi connectivity index (χ0v) is 10.6. The molecule has 16 heavy (non-hydrogen) atoms. The van der Waals surface area contributed by atoms with Crippen LogP contribution in [-0.2, 0) is 0 Å². The molecule has 0 fully saturated rings. The molecule has 2 rings (SSSR count). The molecule has 2 heteroatoms. The first-order valence-corrected chi connectivity index (χ1v) is 5.58. The minimum atomic E-state index is 1.17. The van der Waals surface area contributed by atoms with Crippen LogP contribution in [0.1, 0.15) is 30.5 Å². The SMILES string of the molecule is CC1=C(C)N(c2c(C)cc(C)cc2C)[C]N1. The molecule has 2 nitrogen and oxygen atoms in total. The number of anilines is 1. The number of hydrogen-bond acceptors (Lipinski definition) is 2. The van der Waals surface area contributed by atoms with Crippen molar-refractivity contribution >= 4 is 5.69 Å². The second-order valence-electron chi connectivity index (χ2n) is 4.53. The number of allylic oxidation sites excluding steroid dienone is 2. The van der Waals surface area contributed by atoms with Gasteiger partial charge in [-0.1, -0.05) is 17.7 Å². The van der Waals surface area contributed by atoms with Crippen LogP contribution < -0.4 is 10.2 Å². The highest BCUT2D eigenvalue weighted by Gasteiger charge is 2.21. The third kappa shape index (κ3) is 1.69. The van der Waals surface area contributed by atoms with Gasteiger partial charge in [0.2, 0.25) is 6.67 Å². The number of rotatable bonds is 1. The molecule has 1 N–H and O–H groups in total. The van der Waals surface area contributed by atoms with E-state index >= 15 is 0 Å². The summed E-state index contributed by atoms with van der Waals surface area (Å²) in [6.07, 6.45) is 0. The van der Waals surface area contributed by atoms with E-state index < -0.39 is 0 Å². The lowest BCUT2D eigenvalue weighted by Crippen LogP contribution is -2.18. The van der Waals surface area contributed by atoms with Crippen molar-refractivity contribution < 1.29 is 0 Å². The second kappa shape index (κ2) is 3.85. The van der Waals surface area contributed by atoms with Gasteiger partial charge in [-0.05, 0) is 45.7 Å². The van der Waals surface area contributed by atoms with E-state index in [-0.39, 0.29) is 0 Å². The number of nitrogens with one attached hydrogen (secondary N) is 1. The fourth-order valence-electron chi connectivity index (χ4n) is 2.23. The first kappa shape index (κ1) is 11.1. The van der Waals surface area contributed by atoms with Crippen molar-refractivity contribution in [2.24, 2.45) is 0 Å². The maximum Gasteiger partial charge on any atom is 0.210 e. The normalized spacial score (nSPS) is 15.7. The Labute approximate surface area is 98.0 Å². The monoisotopic (exact) mass is 214 g/mol. The van der Waals surface area contributed by atoms with E-state index in [0.717, 1.165) is 0 Å². The van der Waals surface area contributed by atoms with Crippen LogP contribution in [-0.4, -0.2) is 0 Å². The molecule has 1 aromatic rings. The molecule has 2 radical (unpaired) electrons. The van der Waals surface area contributed by atoms with Gasteiger partial charge in [-0.3, -0.25) is 0 Å². The summed E-state index contributed by atoms with van der Waals surface area (Å²) in [7, 11) is 0. The van der Waals surface area contributed by atoms with E-state index in [9.17, 15) is 0 Å². The highest BCUT2D eigenvalue weighted by molar-refractivity contribution is 5.66. The molecule has 1 aromatic carbocycles. The molecule has 1 aliphatic heterocycles. The molecule has 84 valence electrons. The summed E-state index contributed by atoms with van der Waals surface area (Å²) in [6.45, 7) is 13.8. The lowest BCUT2D eigenvalue weighted by molar-refractivity contribution is 0.978. The number of nitrogens with zero attached hydrogens (tertiary/aromatic N) is 1. The van der Waals surface area contributed by atoms with E-state index in [1.165, 1.54) is 33.8 Å². The van der Waals surface area contributed by atoms with Gasteiger partial charge >= 0.3 is 0 Å². The van der Waals surface area contributed by atoms with Crippen LogP contribution in [0.4, 0.5) is 5.69 Å². The van der Waals surface area contributed by atoms with E-state index in [0.29, 0.717) is 0 Å². The van der Waals surface area contributed by atoms with Crippen LogP contribution in [0, 0.1) is 27.4 Å². The smallest absolute Gasteiger partial charge is 0.210 e. The average Bonchev–Trinajstić information content (AvgIpc) is 2.48. The molecule has 0 spiro atoms. The molecule has 0 amide bonds. The summed E-state index contributed by atoms with van der Waals surface area (Å²) < 4.78 is 0. The maximum atomic E-state index is 3.18. The molecule has 0 bridgehead atoms. The van der Waals surface area contributed by atoms with Crippen LogP contribution in [0.5, 0.6) is 0 Å². The summed E-state index contributed by atoms with van der Waals surface area (Å²) in [6, 6.07) is 4.43. The lowest BCUT2D eigenvalue weighted by Gasteiger charge is -2.22. The molecule has 1 aliphatic rings. The third-order valence-corrected chi connectivity index (χ3v) is 3.09. The van der Waals surface area contributed by atoms with Gasteiger partial charge in [0, 0.05) is 17.1 Å². The van der Waals surface area contributed by atoms with Gasteiger partial charge in [-0.2, -0.15) is 0 Å². The highest BCUT2D eigenvalue weighted by atomic mass is 15.3. The van der Waals surface area contributed by atoms with Gasteiger partial charge in [-0.15, -0.1) is 0 Å². The second-order valence-corrected chi connectivity index (χ2v) is 4.53. The van der Waals surface area contributed by atoms with Crippen LogP contribution in [0.15, 0.2) is 23.5 Å². The van der Waals surface area contributed by atoms with Crippen LogP contribution in [0.25, 0.3) is 0 Å². The molecule has 0 atom stereocenters. The number of hydrogen-bond donors (Lipinski definition) is 1. The van der Waals surface area contributed by atoms with Crippen molar-refractivity contribution in [3.63, 3.8) is 0 Å². The summed E-state index contributed by atoms with van der Waals surface area (Å²) >= 11 is 0. The minimum absolute atomic E-state index is 1.17. The van der Waals surface area contributed by atoms with Crippen LogP contribution >= 0.6 is 0 Å². The first-order valence-electron chi connectivity index (χ1n) is 5.58. The highest BCUT2D eigenvalue weighted by Crippen LogP contribution is 2.32. The predicted molar refractivity (Wildman–Crippen MR) is 67.9 cm³/mol. The van der Waals surface area contributed by atoms with Crippen molar-refractivity contribution in [1.29, 1.82) is 0 Å². The van der Waals surface area contributed by atoms with Crippen molar-refractivity contribution in [3.8, 4) is 0 Å². The molecule has 0 unspecified atom stereocenters. The van der Waals surface area contributed by atoms with Crippen LogP contribution in [0.2, 0.25) is 0 Å². The average molecular weight is 214 g/mol. The minimum Gasteiger partial charge on any atom is -0.357 e. The molecular weight excluding hydrogens is 196 g/mol. The van der Waals surface area contributed by atoms with Gasteiger partial charge in [0.1, 0.15) is 0 Å². The summed E-state index contributed by atoms with van der Waals surface area (Å²) in [5, 5.41) is 3.14. The molecule has 0 saturated heterocycles. The van der Waals surface area contributed by atoms with Gasteiger partial charge in [0.05, 0.1) is 0 Å². The van der Waals surface area contributed by atoms with E-state index in [2.05, 4.69) is 63.6 Å². The largest absolute Gasteiger partial charge is 0.357 e. The van der Waals surface area contributed by atoms with Crippen molar-refractivity contribution in [2.45, 2.75) is 34.6 Å². The van der Waals surface area contributed by atoms with Crippen molar-refractivity contribution in [2.75, 3.05) is 4.90 Å². The fraction of sp³-hybridized carbons (Fsp3) is 0.357. The topological polar surface area (TPSA) is 15.3 Å². The summed E-state index contributed by atoms with van der Waals surface area (Å²) in [5.41, 5.74) is 7.52. The molecule has 1 heterocycles. The maximum absolute atomic E-state index is 3.18. The number of benzene rings is 1. The van der Waals surface area contributed by atoms with Gasteiger partial charge in [-0.25, -0.2) is 0 Å². The Kier molecular flexibility index (Phi) is 2.66. The standard InChI is InChI=1S/C14H18N2/c1-9-6-10(2)14(11(3)7-9)16-8-15-12(4)13(16)5/h6-7,15H,1-5H3. The van der Waals surface area contributed by atoms with Crippen molar-refractivity contribution in [1.82, 2.24) is 5.32 Å². The van der Waals surface area contributed by atoms with Gasteiger partial charge in [0.15, 0.2) is 0 Å². The predicted octanol–water partition coefficient (Wildman–Crippen LogP) is 3.27. The van der Waals surface area contributed by atoms with Gasteiger partial charge in [0.25, 0.3) is 0 Å². The van der Waals surface area contributed by atoms with E-state index in [4.69, 9.17) is 0 Å². The Morgan fingerprint density at radius 3 is 2.00 bits per heavy atom. The fourth-order valence-corrected chi connectivity index (χ4v) is 2.23. The first-order chi connectivity index (χ1) is 7.50. The number of aryl methyl sites for hydroxylation is 3. The van der Waals surface area contributed by atoms with Crippen LogP contribution in [0.3, 0.4) is 0 Å². The lowest BCUT2D eigenvalue weighted by atomic mass is 10.0. The van der Waals surface area contributed by atoms with Gasteiger partial charge < -0.3 is 10.2 Å². The van der Waals surface area contributed by atoms with Crippen molar-refractivity contribution in [3.05, 3.63) is 46.9 Å². The zero-order valence-electron chi connectivity index (χ0n) is 10.6. The molecular formula is C14H18N2. The third-order valence-electron chi connectivity index (χ3n) is 3.09.